The van der Waals surface area contributed by atoms with Crippen molar-refractivity contribution in [1.29, 1.82) is 0 Å². The van der Waals surface area contributed by atoms with Gasteiger partial charge in [-0.3, -0.25) is 4.79 Å². The molecule has 8 heteroatoms. The molecule has 3 aromatic rings. The zero-order valence-electron chi connectivity index (χ0n) is 13.0. The van der Waals surface area contributed by atoms with Gasteiger partial charge in [-0.25, -0.2) is 9.97 Å². The summed E-state index contributed by atoms with van der Waals surface area (Å²) in [6, 6.07) is 7.13. The number of aryl methyl sites for hydroxylation is 1. The summed E-state index contributed by atoms with van der Waals surface area (Å²) in [7, 11) is 1.55. The van der Waals surface area contributed by atoms with E-state index in [-0.39, 0.29) is 11.7 Å². The summed E-state index contributed by atoms with van der Waals surface area (Å²) in [5.41, 5.74) is 0.551. The second-order valence-corrected chi connectivity index (χ2v) is 7.57. The van der Waals surface area contributed by atoms with Crippen molar-refractivity contribution in [3.8, 4) is 5.75 Å². The van der Waals surface area contributed by atoms with E-state index >= 15 is 0 Å². The lowest BCUT2D eigenvalue weighted by Crippen LogP contribution is -2.14. The van der Waals surface area contributed by atoms with Crippen molar-refractivity contribution in [2.75, 3.05) is 18.2 Å². The maximum atomic E-state index is 12.2. The van der Waals surface area contributed by atoms with E-state index in [0.717, 1.165) is 15.2 Å². The predicted molar refractivity (Wildman–Crippen MR) is 99.5 cm³/mol. The summed E-state index contributed by atoms with van der Waals surface area (Å²) in [5.74, 6) is 0.645. The Morgan fingerprint density at radius 1 is 1.38 bits per heavy atom. The maximum Gasteiger partial charge on any atom is 0.234 e. The van der Waals surface area contributed by atoms with Gasteiger partial charge in [0.2, 0.25) is 5.91 Å². The van der Waals surface area contributed by atoms with Crippen molar-refractivity contribution < 1.29 is 9.53 Å². The molecule has 3 rings (SSSR count). The molecule has 0 saturated carbocycles. The standard InChI is InChI=1S/C16H14ClN3O2S2/c1-9-5-11-15(18-8-19-16(11)24-9)23-7-14(21)20-12-6-10(17)3-4-13(12)22-2/h3-6,8H,7H2,1-2H3,(H,20,21). The summed E-state index contributed by atoms with van der Waals surface area (Å²) in [4.78, 5) is 22.9. The van der Waals surface area contributed by atoms with Gasteiger partial charge in [-0.05, 0) is 31.2 Å². The number of rotatable bonds is 5. The Hall–Kier alpha value is -1.83. The number of anilines is 1. The third-order valence-electron chi connectivity index (χ3n) is 3.19. The second kappa shape index (κ2) is 7.38. The number of nitrogens with zero attached hydrogens (tertiary/aromatic N) is 2. The molecule has 0 unspecified atom stereocenters. The number of halogens is 1. The minimum atomic E-state index is -0.153. The number of carbonyl (C=O) groups excluding carboxylic acids is 1. The summed E-state index contributed by atoms with van der Waals surface area (Å²) in [6.07, 6.45) is 1.53. The van der Waals surface area contributed by atoms with Crippen molar-refractivity contribution in [3.05, 3.63) is 40.5 Å². The van der Waals surface area contributed by atoms with Crippen LogP contribution < -0.4 is 10.1 Å². The third-order valence-corrected chi connectivity index (χ3v) is 5.39. The topological polar surface area (TPSA) is 64.1 Å². The van der Waals surface area contributed by atoms with Crippen LogP contribution in [0, 0.1) is 6.92 Å². The van der Waals surface area contributed by atoms with Gasteiger partial charge in [0, 0.05) is 15.3 Å². The predicted octanol–water partition coefficient (Wildman–Crippen LogP) is 4.39. The van der Waals surface area contributed by atoms with Crippen LogP contribution in [0.15, 0.2) is 35.6 Å². The van der Waals surface area contributed by atoms with Crippen LogP contribution >= 0.6 is 34.7 Å². The van der Waals surface area contributed by atoms with Gasteiger partial charge in [0.05, 0.1) is 18.6 Å². The van der Waals surface area contributed by atoms with E-state index in [2.05, 4.69) is 15.3 Å². The van der Waals surface area contributed by atoms with E-state index in [4.69, 9.17) is 16.3 Å². The van der Waals surface area contributed by atoms with E-state index in [1.807, 2.05) is 13.0 Å². The van der Waals surface area contributed by atoms with E-state index in [1.54, 1.807) is 36.6 Å². The van der Waals surface area contributed by atoms with Crippen molar-refractivity contribution in [2.45, 2.75) is 11.9 Å². The van der Waals surface area contributed by atoms with Gasteiger partial charge >= 0.3 is 0 Å². The second-order valence-electron chi connectivity index (χ2n) is 4.94. The molecule has 1 N–H and O–H groups in total. The average molecular weight is 380 g/mol. The van der Waals surface area contributed by atoms with Crippen LogP contribution in [0.4, 0.5) is 5.69 Å². The normalized spacial score (nSPS) is 10.8. The van der Waals surface area contributed by atoms with Crippen LogP contribution in [0.1, 0.15) is 4.88 Å². The fourth-order valence-corrected chi connectivity index (χ4v) is 4.02. The summed E-state index contributed by atoms with van der Waals surface area (Å²) >= 11 is 8.96. The lowest BCUT2D eigenvalue weighted by molar-refractivity contribution is -0.113. The number of nitrogens with one attached hydrogen (secondary N) is 1. The highest BCUT2D eigenvalue weighted by molar-refractivity contribution is 8.00. The Bertz CT molecular complexity index is 898. The molecular formula is C16H14ClN3O2S2. The van der Waals surface area contributed by atoms with Crippen molar-refractivity contribution in [3.63, 3.8) is 0 Å². The lowest BCUT2D eigenvalue weighted by Gasteiger charge is -2.10. The van der Waals surface area contributed by atoms with E-state index in [9.17, 15) is 4.79 Å². The van der Waals surface area contributed by atoms with Gasteiger partial charge in [-0.1, -0.05) is 23.4 Å². The molecule has 0 radical (unpaired) electrons. The monoisotopic (exact) mass is 379 g/mol. The van der Waals surface area contributed by atoms with Crippen LogP contribution in [0.2, 0.25) is 5.02 Å². The number of hydrogen-bond donors (Lipinski definition) is 1. The number of methoxy groups -OCH3 is 1. The first-order chi connectivity index (χ1) is 11.6. The molecule has 1 aromatic carbocycles. The number of benzene rings is 1. The van der Waals surface area contributed by atoms with Gasteiger partial charge < -0.3 is 10.1 Å². The van der Waals surface area contributed by atoms with Crippen LogP contribution in [0.3, 0.4) is 0 Å². The number of thiophene rings is 1. The molecule has 0 aliphatic heterocycles. The fourth-order valence-electron chi connectivity index (χ4n) is 2.17. The third kappa shape index (κ3) is 3.80. The molecule has 0 aliphatic rings. The van der Waals surface area contributed by atoms with Crippen molar-refractivity contribution in [1.82, 2.24) is 9.97 Å². The lowest BCUT2D eigenvalue weighted by atomic mass is 10.3. The summed E-state index contributed by atoms with van der Waals surface area (Å²) in [5, 5.41) is 5.14. The number of thioether (sulfide) groups is 1. The highest BCUT2D eigenvalue weighted by atomic mass is 35.5. The van der Waals surface area contributed by atoms with Gasteiger partial charge in [0.1, 0.15) is 21.9 Å². The molecule has 0 fully saturated rings. The quantitative estimate of drug-likeness (QED) is 0.526. The van der Waals surface area contributed by atoms with Crippen LogP contribution in [-0.4, -0.2) is 28.7 Å². The molecule has 2 aromatic heterocycles. The number of fused-ring (bicyclic) bond motifs is 1. The van der Waals surface area contributed by atoms with Crippen LogP contribution in [-0.2, 0) is 4.79 Å². The largest absolute Gasteiger partial charge is 0.495 e. The van der Waals surface area contributed by atoms with Gasteiger partial charge in [0.25, 0.3) is 0 Å². The first-order valence-corrected chi connectivity index (χ1v) is 9.22. The molecule has 1 amide bonds. The molecule has 0 spiro atoms. The highest BCUT2D eigenvalue weighted by Crippen LogP contribution is 2.31. The average Bonchev–Trinajstić information content (AvgIpc) is 2.94. The van der Waals surface area contributed by atoms with E-state index in [1.165, 1.54) is 23.0 Å². The molecule has 24 heavy (non-hydrogen) atoms. The Morgan fingerprint density at radius 3 is 3.00 bits per heavy atom. The summed E-state index contributed by atoms with van der Waals surface area (Å²) < 4.78 is 5.23. The molecule has 2 heterocycles. The maximum absolute atomic E-state index is 12.2. The van der Waals surface area contributed by atoms with Crippen LogP contribution in [0.5, 0.6) is 5.75 Å². The minimum Gasteiger partial charge on any atom is -0.495 e. The highest BCUT2D eigenvalue weighted by Gasteiger charge is 2.12. The smallest absolute Gasteiger partial charge is 0.234 e. The first-order valence-electron chi connectivity index (χ1n) is 7.04. The van der Waals surface area contributed by atoms with Crippen molar-refractivity contribution in [2.24, 2.45) is 0 Å². The van der Waals surface area contributed by atoms with E-state index < -0.39 is 0 Å². The number of aromatic nitrogens is 2. The Balaban J connectivity index is 1.70. The Labute approximate surface area is 152 Å². The van der Waals surface area contributed by atoms with Gasteiger partial charge in [0.15, 0.2) is 0 Å². The molecular weight excluding hydrogens is 366 g/mol. The number of carbonyl (C=O) groups is 1. The van der Waals surface area contributed by atoms with E-state index in [0.29, 0.717) is 16.5 Å². The van der Waals surface area contributed by atoms with Crippen molar-refractivity contribution >= 4 is 56.5 Å². The molecule has 0 saturated heterocycles. The molecule has 124 valence electrons. The number of amides is 1. The Morgan fingerprint density at radius 2 is 2.21 bits per heavy atom. The number of hydrogen-bond acceptors (Lipinski definition) is 6. The van der Waals surface area contributed by atoms with Crippen LogP contribution in [0.25, 0.3) is 10.2 Å². The first kappa shape index (κ1) is 17.0. The minimum absolute atomic E-state index is 0.153. The van der Waals surface area contributed by atoms with Gasteiger partial charge in [-0.15, -0.1) is 11.3 Å². The van der Waals surface area contributed by atoms with Gasteiger partial charge in [-0.2, -0.15) is 0 Å². The SMILES string of the molecule is COc1ccc(Cl)cc1NC(=O)CSc1ncnc2sc(C)cc12. The molecule has 0 bridgehead atoms. The zero-order chi connectivity index (χ0) is 17.1. The molecule has 0 aliphatic carbocycles. The zero-order valence-corrected chi connectivity index (χ0v) is 15.4. The Kier molecular flexibility index (Phi) is 5.23. The number of ether oxygens (including phenoxy) is 1. The fraction of sp³-hybridized carbons (Fsp3) is 0.188. The molecule has 0 atom stereocenters. The summed E-state index contributed by atoms with van der Waals surface area (Å²) in [6.45, 7) is 2.03. The molecule has 5 nitrogen and oxygen atoms in total.